The summed E-state index contributed by atoms with van der Waals surface area (Å²) < 4.78 is 12.2. The zero-order valence-corrected chi connectivity index (χ0v) is 11.0. The van der Waals surface area contributed by atoms with Crippen LogP contribution >= 0.6 is 0 Å². The van der Waals surface area contributed by atoms with E-state index in [1.165, 1.54) is 7.11 Å². The van der Waals surface area contributed by atoms with Crippen molar-refractivity contribution in [2.75, 3.05) is 20.3 Å². The molecule has 1 unspecified atom stereocenters. The van der Waals surface area contributed by atoms with Gasteiger partial charge in [0.05, 0.1) is 18.7 Å². The average Bonchev–Trinajstić information content (AvgIpc) is 2.81. The van der Waals surface area contributed by atoms with E-state index in [2.05, 4.69) is 0 Å². The van der Waals surface area contributed by atoms with E-state index < -0.39 is 12.0 Å². The maximum Gasteiger partial charge on any atom is 0.329 e. The number of methoxy groups -OCH3 is 1. The van der Waals surface area contributed by atoms with Gasteiger partial charge in [0.25, 0.3) is 0 Å². The minimum Gasteiger partial charge on any atom is -0.493 e. The molecule has 5 heteroatoms. The van der Waals surface area contributed by atoms with Crippen molar-refractivity contribution in [2.24, 2.45) is 0 Å². The Morgan fingerprint density at radius 1 is 1.42 bits per heavy atom. The molecule has 1 atom stereocenters. The fourth-order valence-electron chi connectivity index (χ4n) is 2.14. The van der Waals surface area contributed by atoms with Crippen LogP contribution in [0.25, 0.3) is 10.9 Å². The summed E-state index contributed by atoms with van der Waals surface area (Å²) in [5.41, 5.74) is 0.829. The standard InChI is InChI=1S/C14H17NO4/c1-3-19-13-6-4-5-11-10(13)7-8-15(11)12(9-18-2)14(16)17/h4-8,12H,3,9H2,1-2H3,(H,16,17). The summed E-state index contributed by atoms with van der Waals surface area (Å²) in [4.78, 5) is 11.3. The van der Waals surface area contributed by atoms with Crippen LogP contribution in [0.15, 0.2) is 30.5 Å². The SMILES string of the molecule is CCOc1cccc2c1ccn2C(COC)C(=O)O. The normalized spacial score (nSPS) is 12.5. The second-order valence-electron chi connectivity index (χ2n) is 4.15. The average molecular weight is 263 g/mol. The van der Waals surface area contributed by atoms with Gasteiger partial charge in [-0.3, -0.25) is 0 Å². The number of aromatic nitrogens is 1. The Labute approximate surface area is 111 Å². The molecule has 1 heterocycles. The number of nitrogens with zero attached hydrogens (tertiary/aromatic N) is 1. The number of rotatable bonds is 6. The second-order valence-corrected chi connectivity index (χ2v) is 4.15. The first-order valence-electron chi connectivity index (χ1n) is 6.13. The molecule has 0 aliphatic heterocycles. The molecular weight excluding hydrogens is 246 g/mol. The molecule has 0 aliphatic rings. The number of aliphatic carboxylic acids is 1. The van der Waals surface area contributed by atoms with Gasteiger partial charge in [-0.05, 0) is 25.1 Å². The molecule has 0 amide bonds. The summed E-state index contributed by atoms with van der Waals surface area (Å²) in [7, 11) is 1.49. The maximum atomic E-state index is 11.3. The van der Waals surface area contributed by atoms with Crippen molar-refractivity contribution in [1.82, 2.24) is 4.57 Å². The first-order valence-corrected chi connectivity index (χ1v) is 6.13. The number of hydrogen-bond acceptors (Lipinski definition) is 3. The molecule has 0 aliphatic carbocycles. The smallest absolute Gasteiger partial charge is 0.329 e. The van der Waals surface area contributed by atoms with E-state index in [0.717, 1.165) is 16.7 Å². The van der Waals surface area contributed by atoms with Crippen molar-refractivity contribution < 1.29 is 19.4 Å². The lowest BCUT2D eigenvalue weighted by Crippen LogP contribution is -2.22. The summed E-state index contributed by atoms with van der Waals surface area (Å²) in [6.07, 6.45) is 1.75. The molecule has 5 nitrogen and oxygen atoms in total. The van der Waals surface area contributed by atoms with Gasteiger partial charge in [0.1, 0.15) is 5.75 Å². The molecule has 0 saturated carbocycles. The molecule has 1 aromatic heterocycles. The van der Waals surface area contributed by atoms with Crippen molar-refractivity contribution in [3.63, 3.8) is 0 Å². The number of carboxylic acid groups (broad SMARTS) is 1. The third-order valence-electron chi connectivity index (χ3n) is 2.97. The number of carboxylic acids is 1. The summed E-state index contributed by atoms with van der Waals surface area (Å²) >= 11 is 0. The van der Waals surface area contributed by atoms with E-state index in [4.69, 9.17) is 9.47 Å². The van der Waals surface area contributed by atoms with E-state index in [9.17, 15) is 9.90 Å². The Morgan fingerprint density at radius 2 is 2.21 bits per heavy atom. The van der Waals surface area contributed by atoms with Crippen LogP contribution in [0, 0.1) is 0 Å². The highest BCUT2D eigenvalue weighted by Gasteiger charge is 2.21. The predicted molar refractivity (Wildman–Crippen MR) is 71.7 cm³/mol. The second kappa shape index (κ2) is 5.75. The lowest BCUT2D eigenvalue weighted by atomic mass is 10.2. The highest BCUT2D eigenvalue weighted by atomic mass is 16.5. The van der Waals surface area contributed by atoms with Gasteiger partial charge in [0, 0.05) is 18.7 Å². The van der Waals surface area contributed by atoms with E-state index >= 15 is 0 Å². The van der Waals surface area contributed by atoms with E-state index in [1.54, 1.807) is 10.8 Å². The third-order valence-corrected chi connectivity index (χ3v) is 2.97. The Morgan fingerprint density at radius 3 is 2.84 bits per heavy atom. The lowest BCUT2D eigenvalue weighted by molar-refractivity contribution is -0.142. The Hall–Kier alpha value is -2.01. The molecule has 1 N–H and O–H groups in total. The molecule has 0 spiro atoms. The van der Waals surface area contributed by atoms with Crippen LogP contribution in [0.4, 0.5) is 0 Å². The Balaban J connectivity index is 2.50. The summed E-state index contributed by atoms with van der Waals surface area (Å²) in [6, 6.07) is 6.74. The minimum atomic E-state index is -0.916. The number of ether oxygens (including phenoxy) is 2. The van der Waals surface area contributed by atoms with Gasteiger partial charge in [-0.25, -0.2) is 4.79 Å². The highest BCUT2D eigenvalue weighted by Crippen LogP contribution is 2.28. The highest BCUT2D eigenvalue weighted by molar-refractivity contribution is 5.88. The zero-order valence-electron chi connectivity index (χ0n) is 11.0. The first kappa shape index (κ1) is 13.4. The lowest BCUT2D eigenvalue weighted by Gasteiger charge is -2.15. The predicted octanol–water partition coefficient (Wildman–Crippen LogP) is 2.31. The molecule has 2 aromatic rings. The monoisotopic (exact) mass is 263 g/mol. The van der Waals surface area contributed by atoms with Crippen molar-refractivity contribution in [3.05, 3.63) is 30.5 Å². The van der Waals surface area contributed by atoms with Crippen molar-refractivity contribution in [2.45, 2.75) is 13.0 Å². The van der Waals surface area contributed by atoms with Gasteiger partial charge in [-0.15, -0.1) is 0 Å². The van der Waals surface area contributed by atoms with Gasteiger partial charge in [-0.1, -0.05) is 6.07 Å². The molecule has 1 aromatic carbocycles. The topological polar surface area (TPSA) is 60.7 Å². The molecule has 0 fully saturated rings. The van der Waals surface area contributed by atoms with Gasteiger partial charge >= 0.3 is 5.97 Å². The zero-order chi connectivity index (χ0) is 13.8. The van der Waals surface area contributed by atoms with Crippen LogP contribution in [0.5, 0.6) is 5.75 Å². The Bertz CT molecular complexity index is 576. The van der Waals surface area contributed by atoms with Crippen LogP contribution in [-0.4, -0.2) is 36.0 Å². The molecule has 19 heavy (non-hydrogen) atoms. The fraction of sp³-hybridized carbons (Fsp3) is 0.357. The van der Waals surface area contributed by atoms with Gasteiger partial charge in [-0.2, -0.15) is 0 Å². The number of fused-ring (bicyclic) bond motifs is 1. The molecule has 0 radical (unpaired) electrons. The minimum absolute atomic E-state index is 0.123. The first-order chi connectivity index (χ1) is 9.19. The number of benzene rings is 1. The van der Waals surface area contributed by atoms with Gasteiger partial charge < -0.3 is 19.1 Å². The van der Waals surface area contributed by atoms with E-state index in [-0.39, 0.29) is 6.61 Å². The van der Waals surface area contributed by atoms with E-state index in [0.29, 0.717) is 6.61 Å². The summed E-state index contributed by atoms with van der Waals surface area (Å²) in [5.74, 6) is -0.151. The quantitative estimate of drug-likeness (QED) is 0.868. The Kier molecular flexibility index (Phi) is 4.06. The number of carbonyl (C=O) groups is 1. The largest absolute Gasteiger partial charge is 0.493 e. The van der Waals surface area contributed by atoms with Crippen molar-refractivity contribution >= 4 is 16.9 Å². The summed E-state index contributed by atoms with van der Waals surface area (Å²) in [5, 5.41) is 10.2. The number of hydrogen-bond donors (Lipinski definition) is 1. The van der Waals surface area contributed by atoms with Crippen LogP contribution in [0.3, 0.4) is 0 Å². The van der Waals surface area contributed by atoms with Gasteiger partial charge in [0.2, 0.25) is 0 Å². The van der Waals surface area contributed by atoms with Gasteiger partial charge in [0.15, 0.2) is 6.04 Å². The molecule has 102 valence electrons. The maximum absolute atomic E-state index is 11.3. The third kappa shape index (κ3) is 2.56. The van der Waals surface area contributed by atoms with Crippen LogP contribution in [-0.2, 0) is 9.53 Å². The molecule has 0 bridgehead atoms. The van der Waals surface area contributed by atoms with Crippen LogP contribution < -0.4 is 4.74 Å². The van der Waals surface area contributed by atoms with E-state index in [1.807, 2.05) is 31.2 Å². The van der Waals surface area contributed by atoms with Crippen molar-refractivity contribution in [3.8, 4) is 5.75 Å². The molecule has 2 rings (SSSR count). The molecule has 0 saturated heterocycles. The molecular formula is C14H17NO4. The fourth-order valence-corrected chi connectivity index (χ4v) is 2.14. The van der Waals surface area contributed by atoms with Crippen LogP contribution in [0.1, 0.15) is 13.0 Å². The summed E-state index contributed by atoms with van der Waals surface area (Å²) in [6.45, 7) is 2.61. The van der Waals surface area contributed by atoms with Crippen LogP contribution in [0.2, 0.25) is 0 Å². The van der Waals surface area contributed by atoms with Crippen molar-refractivity contribution in [1.29, 1.82) is 0 Å².